The minimum Gasteiger partial charge on any atom is -0.300 e. The summed E-state index contributed by atoms with van der Waals surface area (Å²) in [6.45, 7) is 8.02. The Kier molecular flexibility index (Phi) is 11.7. The third kappa shape index (κ3) is 9.84. The number of hydrogen-bond donors (Lipinski definition) is 0. The first-order valence-corrected chi connectivity index (χ1v) is 11.2. The highest BCUT2D eigenvalue weighted by molar-refractivity contribution is 5.75. The maximum Gasteiger partial charge on any atom is 0.129 e. The first-order chi connectivity index (χ1) is 11.7. The zero-order valence-corrected chi connectivity index (χ0v) is 17.1. The predicted octanol–water partition coefficient (Wildman–Crippen LogP) is 7.57. The van der Waals surface area contributed by atoms with Gasteiger partial charge in [0, 0.05) is 6.42 Å². The number of carbonyl (C=O) groups excluding carboxylic acids is 1. The molecule has 1 nitrogen and oxygen atoms in total. The molecule has 0 N–H and O–H groups in total. The molecule has 0 radical (unpaired) electrons. The Labute approximate surface area is 152 Å². The van der Waals surface area contributed by atoms with Gasteiger partial charge < -0.3 is 4.79 Å². The lowest BCUT2D eigenvalue weighted by Crippen LogP contribution is -1.91. The fourth-order valence-electron chi connectivity index (χ4n) is 4.26. The molecule has 0 amide bonds. The zero-order valence-electron chi connectivity index (χ0n) is 17.1. The van der Waals surface area contributed by atoms with Gasteiger partial charge in [0.1, 0.15) is 5.78 Å². The van der Waals surface area contributed by atoms with Gasteiger partial charge in [-0.05, 0) is 56.3 Å². The van der Waals surface area contributed by atoms with Crippen LogP contribution in [-0.2, 0) is 4.79 Å². The van der Waals surface area contributed by atoms with Crippen LogP contribution in [-0.4, -0.2) is 5.78 Å². The fraction of sp³-hybridized carbons (Fsp3) is 0.957. The van der Waals surface area contributed by atoms with E-state index in [4.69, 9.17) is 0 Å². The molecule has 4 unspecified atom stereocenters. The van der Waals surface area contributed by atoms with Crippen LogP contribution < -0.4 is 0 Å². The van der Waals surface area contributed by atoms with Crippen molar-refractivity contribution in [1.82, 2.24) is 0 Å². The summed E-state index contributed by atoms with van der Waals surface area (Å²) in [5.41, 5.74) is 0. The van der Waals surface area contributed by atoms with E-state index in [1.807, 2.05) is 13.8 Å². The molecule has 2 fully saturated rings. The zero-order chi connectivity index (χ0) is 17.8. The third-order valence-electron chi connectivity index (χ3n) is 6.03. The lowest BCUT2D eigenvalue weighted by molar-refractivity contribution is -0.117. The molecule has 24 heavy (non-hydrogen) atoms. The standard InChI is InChI=1S/C21H38O.C2H6/c1-3-4-8-12-18-14-20(18)16-21-15-19(21)13-10-7-5-6-9-11-17(2)22;1-2/h18-21H,3-16H2,1-2H3;1-2H3. The number of carbonyl (C=O) groups is 1. The smallest absolute Gasteiger partial charge is 0.129 e. The minimum atomic E-state index is 0.355. The third-order valence-corrected chi connectivity index (χ3v) is 6.03. The molecule has 2 aliphatic rings. The van der Waals surface area contributed by atoms with E-state index in [1.54, 1.807) is 26.2 Å². The maximum atomic E-state index is 10.9. The fourth-order valence-corrected chi connectivity index (χ4v) is 4.26. The largest absolute Gasteiger partial charge is 0.300 e. The van der Waals surface area contributed by atoms with Crippen molar-refractivity contribution in [2.45, 2.75) is 118 Å². The lowest BCUT2D eigenvalue weighted by atomic mass is 10.0. The van der Waals surface area contributed by atoms with Crippen LogP contribution in [0.25, 0.3) is 0 Å². The van der Waals surface area contributed by atoms with Crippen molar-refractivity contribution >= 4 is 5.78 Å². The van der Waals surface area contributed by atoms with Crippen LogP contribution in [0, 0.1) is 23.7 Å². The number of ketones is 1. The van der Waals surface area contributed by atoms with E-state index in [9.17, 15) is 4.79 Å². The average molecular weight is 337 g/mol. The number of unbranched alkanes of at least 4 members (excludes halogenated alkanes) is 6. The van der Waals surface area contributed by atoms with Crippen LogP contribution >= 0.6 is 0 Å². The lowest BCUT2D eigenvalue weighted by Gasteiger charge is -2.02. The van der Waals surface area contributed by atoms with E-state index in [2.05, 4.69) is 6.92 Å². The van der Waals surface area contributed by atoms with E-state index < -0.39 is 0 Å². The Bertz CT molecular complexity index is 322. The molecule has 0 bridgehead atoms. The van der Waals surface area contributed by atoms with Gasteiger partial charge in [0.2, 0.25) is 0 Å². The summed E-state index contributed by atoms with van der Waals surface area (Å²) >= 11 is 0. The Hall–Kier alpha value is -0.330. The quantitative estimate of drug-likeness (QED) is 0.299. The second-order valence-corrected chi connectivity index (χ2v) is 8.25. The second-order valence-electron chi connectivity index (χ2n) is 8.25. The van der Waals surface area contributed by atoms with Gasteiger partial charge in [-0.25, -0.2) is 0 Å². The van der Waals surface area contributed by atoms with Gasteiger partial charge in [0.05, 0.1) is 0 Å². The highest BCUT2D eigenvalue weighted by Crippen LogP contribution is 2.54. The van der Waals surface area contributed by atoms with E-state index in [-0.39, 0.29) is 0 Å². The molecule has 0 heterocycles. The molecular formula is C23H44O. The molecule has 0 aromatic rings. The summed E-state index contributed by atoms with van der Waals surface area (Å²) in [4.78, 5) is 10.9. The van der Waals surface area contributed by atoms with Gasteiger partial charge in [-0.15, -0.1) is 0 Å². The second kappa shape index (κ2) is 13.0. The monoisotopic (exact) mass is 336 g/mol. The molecule has 2 aliphatic carbocycles. The first-order valence-electron chi connectivity index (χ1n) is 11.2. The molecule has 0 spiro atoms. The molecule has 0 aliphatic heterocycles. The van der Waals surface area contributed by atoms with Crippen LogP contribution in [0.1, 0.15) is 118 Å². The Morgan fingerprint density at radius 3 is 1.79 bits per heavy atom. The average Bonchev–Trinajstić information content (AvgIpc) is 3.48. The van der Waals surface area contributed by atoms with Crippen LogP contribution in [0.3, 0.4) is 0 Å². The van der Waals surface area contributed by atoms with Crippen molar-refractivity contribution in [3.63, 3.8) is 0 Å². The molecule has 2 saturated carbocycles. The molecule has 0 aromatic carbocycles. The molecule has 1 heteroatoms. The van der Waals surface area contributed by atoms with E-state index >= 15 is 0 Å². The van der Waals surface area contributed by atoms with Crippen LogP contribution in [0.5, 0.6) is 0 Å². The van der Waals surface area contributed by atoms with Gasteiger partial charge in [0.15, 0.2) is 0 Å². The minimum absolute atomic E-state index is 0.355. The molecule has 142 valence electrons. The number of hydrogen-bond acceptors (Lipinski definition) is 1. The molecule has 2 rings (SSSR count). The van der Waals surface area contributed by atoms with Crippen molar-refractivity contribution in [2.75, 3.05) is 0 Å². The van der Waals surface area contributed by atoms with Gasteiger partial charge in [0.25, 0.3) is 0 Å². The molecule has 0 aromatic heterocycles. The van der Waals surface area contributed by atoms with Gasteiger partial charge in [-0.2, -0.15) is 0 Å². The van der Waals surface area contributed by atoms with Gasteiger partial charge >= 0.3 is 0 Å². The molecule has 4 atom stereocenters. The summed E-state index contributed by atoms with van der Waals surface area (Å²) in [5.74, 6) is 4.80. The summed E-state index contributed by atoms with van der Waals surface area (Å²) in [6.07, 6.45) is 19.3. The SMILES string of the molecule is CC.CCCCCC1CC1CC1CC1CCCCCCCC(C)=O. The summed E-state index contributed by atoms with van der Waals surface area (Å²) in [6, 6.07) is 0. The van der Waals surface area contributed by atoms with Crippen molar-refractivity contribution < 1.29 is 4.79 Å². The Morgan fingerprint density at radius 2 is 1.25 bits per heavy atom. The summed E-state index contributed by atoms with van der Waals surface area (Å²) in [5, 5.41) is 0. The Balaban J connectivity index is 0.00000139. The molecule has 0 saturated heterocycles. The number of Topliss-reactive ketones (excluding diaryl/α,β-unsaturated/α-hetero) is 1. The topological polar surface area (TPSA) is 17.1 Å². The highest BCUT2D eigenvalue weighted by atomic mass is 16.1. The van der Waals surface area contributed by atoms with Crippen molar-refractivity contribution in [2.24, 2.45) is 23.7 Å². The van der Waals surface area contributed by atoms with E-state index in [0.717, 1.165) is 36.5 Å². The first kappa shape index (κ1) is 21.7. The van der Waals surface area contributed by atoms with Crippen molar-refractivity contribution in [3.05, 3.63) is 0 Å². The van der Waals surface area contributed by atoms with Crippen LogP contribution in [0.4, 0.5) is 0 Å². The maximum absolute atomic E-state index is 10.9. The van der Waals surface area contributed by atoms with E-state index in [0.29, 0.717) is 5.78 Å². The van der Waals surface area contributed by atoms with E-state index in [1.165, 1.54) is 57.8 Å². The van der Waals surface area contributed by atoms with Crippen molar-refractivity contribution in [1.29, 1.82) is 0 Å². The summed E-state index contributed by atoms with van der Waals surface area (Å²) < 4.78 is 0. The van der Waals surface area contributed by atoms with Crippen molar-refractivity contribution in [3.8, 4) is 0 Å². The number of rotatable bonds is 14. The summed E-state index contributed by atoms with van der Waals surface area (Å²) in [7, 11) is 0. The van der Waals surface area contributed by atoms with Gasteiger partial charge in [-0.1, -0.05) is 78.6 Å². The van der Waals surface area contributed by atoms with Crippen LogP contribution in [0.2, 0.25) is 0 Å². The highest BCUT2D eigenvalue weighted by Gasteiger charge is 2.44. The van der Waals surface area contributed by atoms with Crippen LogP contribution in [0.15, 0.2) is 0 Å². The predicted molar refractivity (Wildman–Crippen MR) is 106 cm³/mol. The normalized spacial score (nSPS) is 27.3. The van der Waals surface area contributed by atoms with Gasteiger partial charge in [-0.3, -0.25) is 0 Å². The molecular weight excluding hydrogens is 292 g/mol. The Morgan fingerprint density at radius 1 is 0.750 bits per heavy atom.